The number of anilines is 1. The van der Waals surface area contributed by atoms with E-state index in [1.807, 2.05) is 18.2 Å². The van der Waals surface area contributed by atoms with E-state index in [0.717, 1.165) is 11.8 Å². The SMILES string of the molecule is O=C(Nc1conc1C(=O)O)OCc1ccccc1. The van der Waals surface area contributed by atoms with Crippen molar-refractivity contribution < 1.29 is 24.0 Å². The Kier molecular flexibility index (Phi) is 3.77. The fraction of sp³-hybridized carbons (Fsp3) is 0.0833. The number of benzene rings is 1. The standard InChI is InChI=1S/C12H10N2O5/c15-11(16)10-9(7-19-14-10)13-12(17)18-6-8-4-2-1-3-5-8/h1-5,7H,6H2,(H,13,17)(H,15,16). The van der Waals surface area contributed by atoms with E-state index < -0.39 is 12.1 Å². The molecule has 0 spiro atoms. The van der Waals surface area contributed by atoms with Gasteiger partial charge in [-0.1, -0.05) is 35.5 Å². The van der Waals surface area contributed by atoms with Crippen molar-refractivity contribution >= 4 is 17.7 Å². The van der Waals surface area contributed by atoms with E-state index in [4.69, 9.17) is 9.84 Å². The molecule has 0 aliphatic heterocycles. The summed E-state index contributed by atoms with van der Waals surface area (Å²) in [6.07, 6.45) is 0.238. The highest BCUT2D eigenvalue weighted by molar-refractivity contribution is 5.96. The molecule has 0 aliphatic carbocycles. The van der Waals surface area contributed by atoms with Crippen LogP contribution in [0.25, 0.3) is 0 Å². The van der Waals surface area contributed by atoms with Crippen LogP contribution < -0.4 is 5.32 Å². The van der Waals surface area contributed by atoms with Gasteiger partial charge in [0.1, 0.15) is 18.6 Å². The first kappa shape index (κ1) is 12.6. The molecule has 0 unspecified atom stereocenters. The number of nitrogens with one attached hydrogen (secondary N) is 1. The van der Waals surface area contributed by atoms with Crippen molar-refractivity contribution in [1.82, 2.24) is 5.16 Å². The molecule has 2 aromatic rings. The van der Waals surface area contributed by atoms with Gasteiger partial charge >= 0.3 is 12.1 Å². The lowest BCUT2D eigenvalue weighted by atomic mass is 10.2. The summed E-state index contributed by atoms with van der Waals surface area (Å²) in [5.74, 6) is -1.30. The highest BCUT2D eigenvalue weighted by Gasteiger charge is 2.17. The van der Waals surface area contributed by atoms with Crippen LogP contribution in [0.4, 0.5) is 10.5 Å². The van der Waals surface area contributed by atoms with E-state index in [9.17, 15) is 9.59 Å². The largest absolute Gasteiger partial charge is 0.476 e. The number of carboxylic acid groups (broad SMARTS) is 1. The second kappa shape index (κ2) is 5.67. The maximum Gasteiger partial charge on any atom is 0.412 e. The van der Waals surface area contributed by atoms with Gasteiger partial charge in [0.2, 0.25) is 5.69 Å². The Morgan fingerprint density at radius 3 is 2.74 bits per heavy atom. The Morgan fingerprint density at radius 2 is 2.05 bits per heavy atom. The summed E-state index contributed by atoms with van der Waals surface area (Å²) in [5.41, 5.74) is 0.392. The third-order valence-electron chi connectivity index (χ3n) is 2.22. The normalized spacial score (nSPS) is 9.89. The molecular weight excluding hydrogens is 252 g/mol. The predicted molar refractivity (Wildman–Crippen MR) is 63.7 cm³/mol. The van der Waals surface area contributed by atoms with E-state index in [1.54, 1.807) is 12.1 Å². The zero-order chi connectivity index (χ0) is 13.7. The number of amides is 1. The molecular formula is C12H10N2O5. The molecule has 7 heteroatoms. The van der Waals surface area contributed by atoms with Crippen LogP contribution >= 0.6 is 0 Å². The molecule has 7 nitrogen and oxygen atoms in total. The summed E-state index contributed by atoms with van der Waals surface area (Å²) >= 11 is 0. The first-order chi connectivity index (χ1) is 9.16. The monoisotopic (exact) mass is 262 g/mol. The van der Waals surface area contributed by atoms with Gasteiger partial charge in [-0.25, -0.2) is 9.59 Å². The fourth-order valence-corrected chi connectivity index (χ4v) is 1.35. The van der Waals surface area contributed by atoms with Crippen molar-refractivity contribution in [2.24, 2.45) is 0 Å². The molecule has 2 N–H and O–H groups in total. The first-order valence-electron chi connectivity index (χ1n) is 5.32. The van der Waals surface area contributed by atoms with Crippen molar-refractivity contribution in [2.45, 2.75) is 6.61 Å². The maximum atomic E-state index is 11.5. The van der Waals surface area contributed by atoms with Crippen molar-refractivity contribution in [1.29, 1.82) is 0 Å². The molecule has 1 heterocycles. The van der Waals surface area contributed by atoms with Crippen LogP contribution in [0, 0.1) is 0 Å². The van der Waals surface area contributed by atoms with Crippen molar-refractivity contribution in [2.75, 3.05) is 5.32 Å². The first-order valence-corrected chi connectivity index (χ1v) is 5.32. The smallest absolute Gasteiger partial charge is 0.412 e. The van der Waals surface area contributed by atoms with Crippen molar-refractivity contribution in [3.05, 3.63) is 47.9 Å². The van der Waals surface area contributed by atoms with Gasteiger partial charge in [-0.3, -0.25) is 5.32 Å². The maximum absolute atomic E-state index is 11.5. The summed E-state index contributed by atoms with van der Waals surface area (Å²) in [5, 5.41) is 14.2. The molecule has 0 aliphatic rings. The van der Waals surface area contributed by atoms with E-state index in [-0.39, 0.29) is 18.0 Å². The Morgan fingerprint density at radius 1 is 1.32 bits per heavy atom. The van der Waals surface area contributed by atoms with E-state index in [0.29, 0.717) is 0 Å². The molecule has 98 valence electrons. The number of hydrogen-bond donors (Lipinski definition) is 2. The minimum atomic E-state index is -1.30. The fourth-order valence-electron chi connectivity index (χ4n) is 1.35. The van der Waals surface area contributed by atoms with Crippen LogP contribution in [0.2, 0.25) is 0 Å². The van der Waals surface area contributed by atoms with E-state index in [2.05, 4.69) is 15.0 Å². The molecule has 0 saturated heterocycles. The van der Waals surface area contributed by atoms with Crippen molar-refractivity contribution in [3.63, 3.8) is 0 Å². The predicted octanol–water partition coefficient (Wildman–Crippen LogP) is 2.12. The van der Waals surface area contributed by atoms with Gasteiger partial charge in [-0.15, -0.1) is 0 Å². The van der Waals surface area contributed by atoms with Crippen LogP contribution in [-0.4, -0.2) is 22.3 Å². The molecule has 19 heavy (non-hydrogen) atoms. The number of carbonyl (C=O) groups excluding carboxylic acids is 1. The van der Waals surface area contributed by atoms with E-state index >= 15 is 0 Å². The quantitative estimate of drug-likeness (QED) is 0.875. The summed E-state index contributed by atoms with van der Waals surface area (Å²) in [6, 6.07) is 9.09. The zero-order valence-electron chi connectivity index (χ0n) is 9.70. The average molecular weight is 262 g/mol. The second-order valence-corrected chi connectivity index (χ2v) is 3.57. The number of carbonyl (C=O) groups is 2. The van der Waals surface area contributed by atoms with Gasteiger partial charge in [0.15, 0.2) is 0 Å². The van der Waals surface area contributed by atoms with Crippen LogP contribution in [0.1, 0.15) is 16.1 Å². The molecule has 0 saturated carbocycles. The third kappa shape index (κ3) is 3.32. The number of nitrogens with zero attached hydrogens (tertiary/aromatic N) is 1. The number of aromatic carboxylic acids is 1. The van der Waals surface area contributed by atoms with Gasteiger partial charge in [0, 0.05) is 0 Å². The van der Waals surface area contributed by atoms with Crippen molar-refractivity contribution in [3.8, 4) is 0 Å². The lowest BCUT2D eigenvalue weighted by Gasteiger charge is -2.05. The lowest BCUT2D eigenvalue weighted by molar-refractivity contribution is 0.0686. The van der Waals surface area contributed by atoms with Crippen LogP contribution in [0.15, 0.2) is 41.1 Å². The van der Waals surface area contributed by atoms with Crippen LogP contribution in [-0.2, 0) is 11.3 Å². The average Bonchev–Trinajstić information content (AvgIpc) is 2.86. The molecule has 0 bridgehead atoms. The highest BCUT2D eigenvalue weighted by atomic mass is 16.5. The van der Waals surface area contributed by atoms with Gasteiger partial charge in [0.25, 0.3) is 0 Å². The Balaban J connectivity index is 1.91. The number of rotatable bonds is 4. The van der Waals surface area contributed by atoms with E-state index in [1.165, 1.54) is 0 Å². The molecule has 1 aromatic carbocycles. The van der Waals surface area contributed by atoms with Gasteiger partial charge in [-0.2, -0.15) is 0 Å². The Labute approximate surface area is 107 Å². The minimum absolute atomic E-state index is 0.0504. The summed E-state index contributed by atoms with van der Waals surface area (Å²) < 4.78 is 9.39. The summed E-state index contributed by atoms with van der Waals surface area (Å²) in [4.78, 5) is 22.2. The van der Waals surface area contributed by atoms with Crippen LogP contribution in [0.5, 0.6) is 0 Å². The third-order valence-corrected chi connectivity index (χ3v) is 2.22. The minimum Gasteiger partial charge on any atom is -0.476 e. The summed E-state index contributed by atoms with van der Waals surface area (Å²) in [7, 11) is 0. The lowest BCUT2D eigenvalue weighted by Crippen LogP contribution is -2.15. The molecule has 0 radical (unpaired) electrons. The number of hydrogen-bond acceptors (Lipinski definition) is 5. The molecule has 1 amide bonds. The Bertz CT molecular complexity index is 579. The molecule has 2 rings (SSSR count). The number of aromatic nitrogens is 1. The van der Waals surface area contributed by atoms with Gasteiger partial charge in [0.05, 0.1) is 0 Å². The zero-order valence-corrected chi connectivity index (χ0v) is 9.70. The van der Waals surface area contributed by atoms with Crippen LogP contribution in [0.3, 0.4) is 0 Å². The highest BCUT2D eigenvalue weighted by Crippen LogP contribution is 2.13. The molecule has 0 fully saturated rings. The summed E-state index contributed by atoms with van der Waals surface area (Å²) in [6.45, 7) is 0.0837. The second-order valence-electron chi connectivity index (χ2n) is 3.57. The Hall–Kier alpha value is -2.83. The molecule has 0 atom stereocenters. The topological polar surface area (TPSA) is 102 Å². The number of carboxylic acids is 1. The molecule has 1 aromatic heterocycles. The van der Waals surface area contributed by atoms with Gasteiger partial charge < -0.3 is 14.4 Å². The number of ether oxygens (including phenoxy) is 1. The van der Waals surface area contributed by atoms with Gasteiger partial charge in [-0.05, 0) is 5.56 Å².